The van der Waals surface area contributed by atoms with Crippen LogP contribution in [0.1, 0.15) is 12.8 Å². The van der Waals surface area contributed by atoms with E-state index in [2.05, 4.69) is 4.99 Å². The number of aromatic nitrogens is 1. The van der Waals surface area contributed by atoms with E-state index in [0.29, 0.717) is 30.1 Å². The van der Waals surface area contributed by atoms with Crippen LogP contribution in [0, 0.1) is 0 Å². The molecule has 0 aliphatic rings. The SMILES string of the molecule is COCCn1c(=NC(=O)CCCSc2ccc(Cl)cc2)sc2c(OC)ccc(OC)c21. The molecule has 0 aliphatic heterocycles. The van der Waals surface area contributed by atoms with Crippen LogP contribution in [0.2, 0.25) is 5.02 Å². The number of hydrogen-bond donors (Lipinski definition) is 0. The number of carbonyl (C=O) groups excluding carboxylic acids is 1. The molecule has 3 aromatic rings. The third-order valence-corrected chi connectivity index (χ3v) is 6.99. The molecule has 0 bridgehead atoms. The smallest absolute Gasteiger partial charge is 0.248 e. The van der Waals surface area contributed by atoms with Crippen molar-refractivity contribution in [3.63, 3.8) is 0 Å². The van der Waals surface area contributed by atoms with Gasteiger partial charge in [0.15, 0.2) is 4.80 Å². The van der Waals surface area contributed by atoms with Crippen molar-refractivity contribution in [1.82, 2.24) is 4.57 Å². The predicted molar refractivity (Wildman–Crippen MR) is 127 cm³/mol. The van der Waals surface area contributed by atoms with Crippen molar-refractivity contribution < 1.29 is 19.0 Å². The van der Waals surface area contributed by atoms with Crippen LogP contribution in [0.3, 0.4) is 0 Å². The van der Waals surface area contributed by atoms with Gasteiger partial charge in [0.25, 0.3) is 0 Å². The molecular weight excluding hydrogens is 456 g/mol. The Labute approximate surface area is 194 Å². The Morgan fingerprint density at radius 2 is 1.81 bits per heavy atom. The molecule has 9 heteroatoms. The average molecular weight is 481 g/mol. The maximum absolute atomic E-state index is 12.6. The highest BCUT2D eigenvalue weighted by molar-refractivity contribution is 7.99. The first-order valence-electron chi connectivity index (χ1n) is 9.76. The minimum Gasteiger partial charge on any atom is -0.495 e. The number of fused-ring (bicyclic) bond motifs is 1. The van der Waals surface area contributed by atoms with Crippen LogP contribution >= 0.6 is 34.7 Å². The van der Waals surface area contributed by atoms with Crippen LogP contribution in [0.25, 0.3) is 10.2 Å². The summed E-state index contributed by atoms with van der Waals surface area (Å²) in [7, 11) is 4.90. The lowest BCUT2D eigenvalue weighted by atomic mass is 10.3. The first kappa shape index (κ1) is 23.7. The van der Waals surface area contributed by atoms with Crippen LogP contribution in [-0.4, -0.2) is 44.2 Å². The second kappa shape index (κ2) is 11.6. The molecule has 1 heterocycles. The Kier molecular flexibility index (Phi) is 8.83. The highest BCUT2D eigenvalue weighted by atomic mass is 35.5. The largest absolute Gasteiger partial charge is 0.495 e. The van der Waals surface area contributed by atoms with Crippen molar-refractivity contribution in [1.29, 1.82) is 0 Å². The third-order valence-electron chi connectivity index (χ3n) is 4.55. The number of benzene rings is 2. The number of nitrogens with zero attached hydrogens (tertiary/aromatic N) is 2. The molecule has 0 aliphatic carbocycles. The van der Waals surface area contributed by atoms with Gasteiger partial charge < -0.3 is 18.8 Å². The molecule has 0 N–H and O–H groups in total. The van der Waals surface area contributed by atoms with Gasteiger partial charge in [0, 0.05) is 30.0 Å². The molecular formula is C22H25ClN2O4S2. The van der Waals surface area contributed by atoms with Gasteiger partial charge in [0.2, 0.25) is 5.91 Å². The molecule has 1 amide bonds. The van der Waals surface area contributed by atoms with Crippen LogP contribution < -0.4 is 14.3 Å². The van der Waals surface area contributed by atoms with Crippen molar-refractivity contribution >= 4 is 50.8 Å². The van der Waals surface area contributed by atoms with Crippen LogP contribution in [0.4, 0.5) is 0 Å². The number of thiazole rings is 1. The van der Waals surface area contributed by atoms with E-state index >= 15 is 0 Å². The second-order valence-corrected chi connectivity index (χ2v) is 9.17. The van der Waals surface area contributed by atoms with Gasteiger partial charge in [0.05, 0.1) is 20.8 Å². The fraction of sp³-hybridized carbons (Fsp3) is 0.364. The standard InChI is InChI=1S/C22H25ClN2O4S2/c1-27-13-12-25-20-17(28-2)10-11-18(29-3)21(20)31-22(25)24-19(26)5-4-14-30-16-8-6-15(23)7-9-16/h6-11H,4-5,12-14H2,1-3H3. The molecule has 0 atom stereocenters. The van der Waals surface area contributed by atoms with Crippen molar-refractivity contribution in [2.24, 2.45) is 4.99 Å². The van der Waals surface area contributed by atoms with Gasteiger partial charge in [-0.15, -0.1) is 11.8 Å². The zero-order chi connectivity index (χ0) is 22.2. The summed E-state index contributed by atoms with van der Waals surface area (Å²) >= 11 is 9.03. The normalized spacial score (nSPS) is 11.8. The Morgan fingerprint density at radius 3 is 2.48 bits per heavy atom. The second-order valence-electron chi connectivity index (χ2n) is 6.59. The minimum atomic E-state index is -0.146. The van der Waals surface area contributed by atoms with Gasteiger partial charge in [-0.05, 0) is 48.6 Å². The van der Waals surface area contributed by atoms with E-state index in [1.54, 1.807) is 33.1 Å². The molecule has 0 radical (unpaired) electrons. The number of amides is 1. The van der Waals surface area contributed by atoms with Crippen molar-refractivity contribution in [2.45, 2.75) is 24.3 Å². The number of carbonyl (C=O) groups is 1. The molecule has 0 saturated carbocycles. The zero-order valence-electron chi connectivity index (χ0n) is 17.7. The Bertz CT molecular complexity index is 1090. The monoisotopic (exact) mass is 480 g/mol. The fourth-order valence-corrected chi connectivity index (χ4v) is 5.20. The Morgan fingerprint density at radius 1 is 1.10 bits per heavy atom. The minimum absolute atomic E-state index is 0.146. The third kappa shape index (κ3) is 6.04. The van der Waals surface area contributed by atoms with Crippen LogP contribution in [-0.2, 0) is 16.1 Å². The summed E-state index contributed by atoms with van der Waals surface area (Å²) in [6.07, 6.45) is 1.12. The molecule has 0 unspecified atom stereocenters. The summed E-state index contributed by atoms with van der Waals surface area (Å²) in [6.45, 7) is 1.05. The average Bonchev–Trinajstić information content (AvgIpc) is 3.13. The zero-order valence-corrected chi connectivity index (χ0v) is 20.1. The fourth-order valence-electron chi connectivity index (χ4n) is 3.04. The molecule has 2 aromatic carbocycles. The van der Waals surface area contributed by atoms with Crippen molar-refractivity contribution in [3.05, 3.63) is 46.2 Å². The summed E-state index contributed by atoms with van der Waals surface area (Å²) in [4.78, 5) is 18.7. The van der Waals surface area contributed by atoms with Gasteiger partial charge in [-0.2, -0.15) is 4.99 Å². The highest BCUT2D eigenvalue weighted by Gasteiger charge is 2.16. The summed E-state index contributed by atoms with van der Waals surface area (Å²) in [5.74, 6) is 2.12. The number of halogens is 1. The number of hydrogen-bond acceptors (Lipinski definition) is 6. The lowest BCUT2D eigenvalue weighted by Gasteiger charge is -2.09. The summed E-state index contributed by atoms with van der Waals surface area (Å²) in [5, 5.41) is 0.719. The van der Waals surface area contributed by atoms with Crippen molar-refractivity contribution in [2.75, 3.05) is 33.7 Å². The van der Waals surface area contributed by atoms with Gasteiger partial charge >= 0.3 is 0 Å². The lowest BCUT2D eigenvalue weighted by molar-refractivity contribution is -0.118. The van der Waals surface area contributed by atoms with Crippen LogP contribution in [0.15, 0.2) is 46.3 Å². The van der Waals surface area contributed by atoms with Gasteiger partial charge in [-0.1, -0.05) is 22.9 Å². The van der Waals surface area contributed by atoms with E-state index in [4.69, 9.17) is 25.8 Å². The molecule has 31 heavy (non-hydrogen) atoms. The van der Waals surface area contributed by atoms with E-state index in [9.17, 15) is 4.79 Å². The molecule has 0 fully saturated rings. The molecule has 6 nitrogen and oxygen atoms in total. The topological polar surface area (TPSA) is 62.1 Å². The summed E-state index contributed by atoms with van der Waals surface area (Å²) < 4.78 is 19.2. The Hall–Kier alpha value is -2.00. The quantitative estimate of drug-likeness (QED) is 0.301. The van der Waals surface area contributed by atoms with Crippen molar-refractivity contribution in [3.8, 4) is 11.5 Å². The maximum Gasteiger partial charge on any atom is 0.248 e. The lowest BCUT2D eigenvalue weighted by Crippen LogP contribution is -2.19. The molecule has 0 saturated heterocycles. The van der Waals surface area contributed by atoms with E-state index in [-0.39, 0.29) is 5.91 Å². The number of thioether (sulfide) groups is 1. The molecule has 1 aromatic heterocycles. The van der Waals surface area contributed by atoms with Gasteiger partial charge in [-0.3, -0.25) is 4.79 Å². The number of methoxy groups -OCH3 is 3. The highest BCUT2D eigenvalue weighted by Crippen LogP contribution is 2.35. The number of rotatable bonds is 10. The first-order valence-corrected chi connectivity index (χ1v) is 11.9. The van der Waals surface area contributed by atoms with Gasteiger partial charge in [0.1, 0.15) is 21.7 Å². The molecule has 0 spiro atoms. The predicted octanol–water partition coefficient (Wildman–Crippen LogP) is 5.02. The Balaban J connectivity index is 1.79. The van der Waals surface area contributed by atoms with E-state index in [1.165, 1.54) is 11.3 Å². The summed E-state index contributed by atoms with van der Waals surface area (Å²) in [6, 6.07) is 11.4. The summed E-state index contributed by atoms with van der Waals surface area (Å²) in [5.41, 5.74) is 0.855. The van der Waals surface area contributed by atoms with E-state index in [0.717, 1.165) is 38.1 Å². The van der Waals surface area contributed by atoms with Gasteiger partial charge in [-0.25, -0.2) is 0 Å². The van der Waals surface area contributed by atoms with E-state index in [1.807, 2.05) is 41.0 Å². The maximum atomic E-state index is 12.6. The van der Waals surface area contributed by atoms with E-state index < -0.39 is 0 Å². The molecule has 166 valence electrons. The van der Waals surface area contributed by atoms with Crippen LogP contribution in [0.5, 0.6) is 11.5 Å². The number of ether oxygens (including phenoxy) is 3. The molecule has 3 rings (SSSR count). The first-order chi connectivity index (χ1) is 15.1.